The van der Waals surface area contributed by atoms with Gasteiger partial charge in [0.25, 0.3) is 0 Å². The fourth-order valence-electron chi connectivity index (χ4n) is 4.41. The Morgan fingerprint density at radius 3 is 2.56 bits per heavy atom. The topological polar surface area (TPSA) is 117 Å². The van der Waals surface area contributed by atoms with Gasteiger partial charge in [-0.1, -0.05) is 20.8 Å². The molecule has 8 nitrogen and oxygen atoms in total. The maximum absolute atomic E-state index is 10.9. The molecule has 1 aromatic carbocycles. The molecular weight excluding hydrogens is 324 g/mol. The first-order valence-corrected chi connectivity index (χ1v) is 8.46. The van der Waals surface area contributed by atoms with Crippen LogP contribution in [0.5, 0.6) is 0 Å². The van der Waals surface area contributed by atoms with Gasteiger partial charge in [-0.2, -0.15) is 5.10 Å². The van der Waals surface area contributed by atoms with E-state index in [-0.39, 0.29) is 27.4 Å². The maximum atomic E-state index is 10.9. The molecule has 0 radical (unpaired) electrons. The third-order valence-corrected chi connectivity index (χ3v) is 6.52. The Morgan fingerprint density at radius 2 is 1.92 bits per heavy atom. The first-order valence-electron chi connectivity index (χ1n) is 8.46. The Morgan fingerprint density at radius 1 is 1.20 bits per heavy atom. The highest BCUT2D eigenvalue weighted by Crippen LogP contribution is 2.61. The van der Waals surface area contributed by atoms with Crippen LogP contribution in [0.1, 0.15) is 46.5 Å². The van der Waals surface area contributed by atoms with Crippen LogP contribution < -0.4 is 15.9 Å². The van der Waals surface area contributed by atoms with Gasteiger partial charge in [0, 0.05) is 16.8 Å². The summed E-state index contributed by atoms with van der Waals surface area (Å²) < 4.78 is 0. The SMILES string of the molecule is CC12CCC(CCC1=NNc1ccc(N([O-])[O-])cc1N(O)O)C2(C)C. The number of nitrogens with one attached hydrogen (secondary N) is 1. The van der Waals surface area contributed by atoms with E-state index in [9.17, 15) is 20.8 Å². The molecule has 2 aliphatic rings. The molecule has 0 aromatic heterocycles. The van der Waals surface area contributed by atoms with Crippen LogP contribution in [0.15, 0.2) is 23.3 Å². The highest BCUT2D eigenvalue weighted by atomic mass is 16.8. The largest absolute Gasteiger partial charge is 0.769 e. The highest BCUT2D eigenvalue weighted by molar-refractivity contribution is 5.93. The predicted octanol–water partition coefficient (Wildman–Crippen LogP) is 4.08. The van der Waals surface area contributed by atoms with Gasteiger partial charge in [0.1, 0.15) is 5.69 Å². The lowest BCUT2D eigenvalue weighted by molar-refractivity contribution is 0.0295. The summed E-state index contributed by atoms with van der Waals surface area (Å²) in [4.78, 5) is 0. The molecule has 3 N–H and O–H groups in total. The minimum atomic E-state index is -0.591. The second-order valence-corrected chi connectivity index (χ2v) is 7.75. The molecule has 0 amide bonds. The van der Waals surface area contributed by atoms with Crippen molar-refractivity contribution in [2.45, 2.75) is 46.5 Å². The van der Waals surface area contributed by atoms with E-state index >= 15 is 0 Å². The Labute approximate surface area is 146 Å². The van der Waals surface area contributed by atoms with Crippen molar-refractivity contribution in [1.29, 1.82) is 0 Å². The van der Waals surface area contributed by atoms with Gasteiger partial charge < -0.3 is 15.6 Å². The third-order valence-electron chi connectivity index (χ3n) is 6.52. The molecule has 0 saturated heterocycles. The molecule has 1 aromatic rings. The number of benzene rings is 1. The summed E-state index contributed by atoms with van der Waals surface area (Å²) >= 11 is 0. The quantitative estimate of drug-likeness (QED) is 0.702. The van der Waals surface area contributed by atoms with E-state index in [0.717, 1.165) is 31.0 Å². The number of rotatable bonds is 4. The van der Waals surface area contributed by atoms with Crippen LogP contribution in [0.2, 0.25) is 0 Å². The Hall–Kier alpha value is -1.87. The van der Waals surface area contributed by atoms with Crippen molar-refractivity contribution in [1.82, 2.24) is 0 Å². The lowest BCUT2D eigenvalue weighted by Gasteiger charge is -2.46. The molecule has 0 heterocycles. The van der Waals surface area contributed by atoms with Crippen LogP contribution >= 0.6 is 0 Å². The van der Waals surface area contributed by atoms with Crippen molar-refractivity contribution in [3.63, 3.8) is 0 Å². The van der Waals surface area contributed by atoms with Gasteiger partial charge in [0.05, 0.1) is 5.69 Å². The molecule has 2 unspecified atom stereocenters. The summed E-state index contributed by atoms with van der Waals surface area (Å²) in [6.45, 7) is 6.83. The van der Waals surface area contributed by atoms with E-state index in [4.69, 9.17) is 0 Å². The van der Waals surface area contributed by atoms with Crippen molar-refractivity contribution >= 4 is 22.8 Å². The second kappa shape index (κ2) is 6.14. The molecular formula is C17H24N4O4-2. The van der Waals surface area contributed by atoms with Crippen LogP contribution in [0.3, 0.4) is 0 Å². The Kier molecular flexibility index (Phi) is 4.40. The van der Waals surface area contributed by atoms with Crippen molar-refractivity contribution in [2.75, 3.05) is 15.9 Å². The summed E-state index contributed by atoms with van der Waals surface area (Å²) in [5, 5.41) is 44.3. The van der Waals surface area contributed by atoms with Gasteiger partial charge in [-0.05, 0) is 55.2 Å². The molecule has 2 saturated carbocycles. The number of fused-ring (bicyclic) bond motifs is 2. The van der Waals surface area contributed by atoms with Crippen molar-refractivity contribution < 1.29 is 10.4 Å². The van der Waals surface area contributed by atoms with Gasteiger partial charge >= 0.3 is 0 Å². The van der Waals surface area contributed by atoms with Crippen LogP contribution in [0, 0.1) is 27.2 Å². The molecule has 0 spiro atoms. The molecule has 3 rings (SSSR count). The van der Waals surface area contributed by atoms with Gasteiger partial charge in [-0.15, -0.1) is 5.23 Å². The summed E-state index contributed by atoms with van der Waals surface area (Å²) in [6.07, 6.45) is 4.29. The van der Waals surface area contributed by atoms with E-state index in [1.54, 1.807) is 0 Å². The molecule has 138 valence electrons. The zero-order valence-corrected chi connectivity index (χ0v) is 14.7. The van der Waals surface area contributed by atoms with Crippen LogP contribution in [-0.4, -0.2) is 16.1 Å². The standard InChI is InChI=1S/C17H24N4O4/c1-16(2)11-4-7-15(17(16,3)9-8-11)19-18-13-6-5-12(20(22)23)10-14(13)21(24)25/h5-6,10-11,18,24-25H,4,7-9H2,1-3H3/q-2. The van der Waals surface area contributed by atoms with Crippen LogP contribution in [-0.2, 0) is 0 Å². The molecule has 2 fully saturated rings. The van der Waals surface area contributed by atoms with E-state index in [1.807, 2.05) is 0 Å². The van der Waals surface area contributed by atoms with Crippen molar-refractivity contribution in [3.8, 4) is 0 Å². The van der Waals surface area contributed by atoms with E-state index in [0.29, 0.717) is 11.6 Å². The molecule has 2 atom stereocenters. The monoisotopic (exact) mass is 348 g/mol. The number of hydrazone groups is 1. The molecule has 25 heavy (non-hydrogen) atoms. The maximum Gasteiger partial charge on any atom is 0.121 e. The number of nitrogens with zero attached hydrogens (tertiary/aromatic N) is 3. The average Bonchev–Trinajstić information content (AvgIpc) is 2.69. The zero-order chi connectivity index (χ0) is 18.4. The lowest BCUT2D eigenvalue weighted by Crippen LogP contribution is -2.44. The lowest BCUT2D eigenvalue weighted by atomic mass is 9.58. The first kappa shape index (κ1) is 17.9. The summed E-state index contributed by atoms with van der Waals surface area (Å²) in [7, 11) is 0. The van der Waals surface area contributed by atoms with E-state index in [2.05, 4.69) is 31.3 Å². The van der Waals surface area contributed by atoms with E-state index in [1.165, 1.54) is 18.6 Å². The van der Waals surface area contributed by atoms with Crippen molar-refractivity contribution in [3.05, 3.63) is 28.6 Å². The normalized spacial score (nSPS) is 28.9. The molecule has 2 bridgehead atoms. The summed E-state index contributed by atoms with van der Waals surface area (Å²) in [6, 6.07) is 3.80. The number of hydrogen-bond acceptors (Lipinski definition) is 8. The van der Waals surface area contributed by atoms with Gasteiger partial charge in [-0.25, -0.2) is 0 Å². The Bertz CT molecular complexity index is 689. The second-order valence-electron chi connectivity index (χ2n) is 7.75. The minimum absolute atomic E-state index is 0.00196. The zero-order valence-electron chi connectivity index (χ0n) is 14.7. The summed E-state index contributed by atoms with van der Waals surface area (Å²) in [5.41, 5.74) is 4.06. The molecule has 2 aliphatic carbocycles. The van der Waals surface area contributed by atoms with Gasteiger partial charge in [0.15, 0.2) is 0 Å². The summed E-state index contributed by atoms with van der Waals surface area (Å²) in [5.74, 6) is 0.705. The predicted molar refractivity (Wildman–Crippen MR) is 96.6 cm³/mol. The number of anilines is 3. The smallest absolute Gasteiger partial charge is 0.121 e. The third kappa shape index (κ3) is 2.85. The fraction of sp³-hybridized carbons (Fsp3) is 0.588. The van der Waals surface area contributed by atoms with Crippen LogP contribution in [0.4, 0.5) is 17.1 Å². The minimum Gasteiger partial charge on any atom is -0.769 e. The van der Waals surface area contributed by atoms with E-state index < -0.39 is 5.23 Å². The average molecular weight is 348 g/mol. The Balaban J connectivity index is 1.89. The molecule has 0 aliphatic heterocycles. The fourth-order valence-corrected chi connectivity index (χ4v) is 4.41. The van der Waals surface area contributed by atoms with Gasteiger partial charge in [-0.3, -0.25) is 15.8 Å². The van der Waals surface area contributed by atoms with Crippen LogP contribution in [0.25, 0.3) is 0 Å². The highest BCUT2D eigenvalue weighted by Gasteiger charge is 2.56. The van der Waals surface area contributed by atoms with Gasteiger partial charge in [0.2, 0.25) is 0 Å². The first-order chi connectivity index (χ1) is 11.7. The molecule has 8 heteroatoms. The van der Waals surface area contributed by atoms with Crippen molar-refractivity contribution in [2.24, 2.45) is 21.8 Å². The number of hydrogen-bond donors (Lipinski definition) is 3.